The second kappa shape index (κ2) is 8.89. The average Bonchev–Trinajstić information content (AvgIpc) is 3.52. The molecule has 7 heteroatoms. The molecule has 2 saturated heterocycles. The van der Waals surface area contributed by atoms with E-state index in [1.807, 2.05) is 4.68 Å². The predicted octanol–water partition coefficient (Wildman–Crippen LogP) is 3.50. The molecular weight excluding hydrogens is 392 g/mol. The Balaban J connectivity index is 1.21. The number of hydrogen-bond acceptors (Lipinski definition) is 6. The molecule has 3 fully saturated rings. The van der Waals surface area contributed by atoms with Crippen molar-refractivity contribution in [3.05, 3.63) is 47.3 Å². The lowest BCUT2D eigenvalue weighted by Gasteiger charge is -2.20. The maximum absolute atomic E-state index is 12.8. The molecule has 0 bridgehead atoms. The molecule has 1 aliphatic carbocycles. The third kappa shape index (κ3) is 4.28. The van der Waals surface area contributed by atoms with Gasteiger partial charge in [0.05, 0.1) is 36.6 Å². The van der Waals surface area contributed by atoms with Gasteiger partial charge in [-0.1, -0.05) is 49.5 Å². The number of nitrogens with zero attached hydrogens (tertiary/aromatic N) is 4. The van der Waals surface area contributed by atoms with Crippen molar-refractivity contribution in [2.75, 3.05) is 13.2 Å². The summed E-state index contributed by atoms with van der Waals surface area (Å²) in [7, 11) is 0. The average molecular weight is 421 g/mol. The van der Waals surface area contributed by atoms with E-state index in [1.165, 1.54) is 32.1 Å². The second-order valence-corrected chi connectivity index (χ2v) is 9.14. The zero-order chi connectivity index (χ0) is 21.2. The number of rotatable bonds is 6. The number of nitriles is 1. The summed E-state index contributed by atoms with van der Waals surface area (Å²) in [6.07, 6.45) is 9.79. The Kier molecular flexibility index (Phi) is 5.84. The molecule has 2 aliphatic heterocycles. The molecule has 5 rings (SSSR count). The van der Waals surface area contributed by atoms with Crippen LogP contribution in [0.2, 0.25) is 0 Å². The Morgan fingerprint density at radius 3 is 2.84 bits per heavy atom. The summed E-state index contributed by atoms with van der Waals surface area (Å²) in [4.78, 5) is 12.8. The number of ketones is 1. The highest BCUT2D eigenvalue weighted by Gasteiger charge is 2.49. The number of ether oxygens (including phenoxy) is 2. The molecule has 1 saturated carbocycles. The molecule has 0 amide bonds. The first-order valence-corrected chi connectivity index (χ1v) is 11.4. The summed E-state index contributed by atoms with van der Waals surface area (Å²) in [5.74, 6) is 0.761. The van der Waals surface area contributed by atoms with Crippen LogP contribution < -0.4 is 0 Å². The van der Waals surface area contributed by atoms with Gasteiger partial charge >= 0.3 is 0 Å². The topological polar surface area (TPSA) is 90.0 Å². The number of Topliss-reactive ketones (excluding diaryl/α,β-unsaturated/α-hetero) is 1. The number of hydrogen-bond donors (Lipinski definition) is 0. The molecule has 3 aliphatic rings. The highest BCUT2D eigenvalue weighted by molar-refractivity contribution is 5.96. The van der Waals surface area contributed by atoms with E-state index in [-0.39, 0.29) is 30.0 Å². The van der Waals surface area contributed by atoms with Gasteiger partial charge in [-0.2, -0.15) is 5.26 Å². The molecule has 162 valence electrons. The van der Waals surface area contributed by atoms with Crippen molar-refractivity contribution in [1.29, 1.82) is 5.26 Å². The highest BCUT2D eigenvalue weighted by atomic mass is 16.6. The first-order chi connectivity index (χ1) is 15.2. The fourth-order valence-electron chi connectivity index (χ4n) is 5.33. The Morgan fingerprint density at radius 1 is 1.16 bits per heavy atom. The lowest BCUT2D eigenvalue weighted by molar-refractivity contribution is 0.0585. The van der Waals surface area contributed by atoms with Crippen LogP contribution >= 0.6 is 0 Å². The summed E-state index contributed by atoms with van der Waals surface area (Å²) < 4.78 is 14.1. The molecule has 0 N–H and O–H groups in total. The summed E-state index contributed by atoms with van der Waals surface area (Å²) >= 11 is 0. The van der Waals surface area contributed by atoms with E-state index in [0.717, 1.165) is 18.0 Å². The van der Waals surface area contributed by atoms with Crippen molar-refractivity contribution in [3.63, 3.8) is 0 Å². The van der Waals surface area contributed by atoms with Crippen molar-refractivity contribution in [2.45, 2.75) is 63.2 Å². The van der Waals surface area contributed by atoms with E-state index >= 15 is 0 Å². The highest BCUT2D eigenvalue weighted by Crippen LogP contribution is 2.39. The predicted molar refractivity (Wildman–Crippen MR) is 112 cm³/mol. The summed E-state index contributed by atoms with van der Waals surface area (Å²) in [6.45, 7) is 1.02. The van der Waals surface area contributed by atoms with Crippen LogP contribution in [-0.2, 0) is 15.9 Å². The molecule has 1 aromatic carbocycles. The number of carbonyl (C=O) groups is 1. The Hall–Kier alpha value is -2.56. The van der Waals surface area contributed by atoms with Crippen LogP contribution in [0.15, 0.2) is 30.5 Å². The van der Waals surface area contributed by atoms with Crippen molar-refractivity contribution in [1.82, 2.24) is 15.0 Å². The molecule has 4 atom stereocenters. The van der Waals surface area contributed by atoms with Crippen molar-refractivity contribution in [2.24, 2.45) is 11.8 Å². The number of aromatic nitrogens is 3. The van der Waals surface area contributed by atoms with Crippen LogP contribution in [0.3, 0.4) is 0 Å². The van der Waals surface area contributed by atoms with Crippen LogP contribution in [0.1, 0.15) is 66.2 Å². The first kappa shape index (κ1) is 20.3. The third-order valence-electron chi connectivity index (χ3n) is 7.01. The Morgan fingerprint density at radius 2 is 2.00 bits per heavy atom. The minimum Gasteiger partial charge on any atom is -0.373 e. The van der Waals surface area contributed by atoms with Crippen LogP contribution in [0.5, 0.6) is 0 Å². The minimum absolute atomic E-state index is 0.000347. The number of benzene rings is 1. The Labute approximate surface area is 182 Å². The summed E-state index contributed by atoms with van der Waals surface area (Å²) in [5.41, 5.74) is 2.12. The molecule has 31 heavy (non-hydrogen) atoms. The van der Waals surface area contributed by atoms with Gasteiger partial charge in [-0.3, -0.25) is 4.79 Å². The largest absolute Gasteiger partial charge is 0.373 e. The second-order valence-electron chi connectivity index (χ2n) is 9.14. The minimum atomic E-state index is -0.112. The van der Waals surface area contributed by atoms with Crippen LogP contribution in [0.4, 0.5) is 0 Å². The Bertz CT molecular complexity index is 975. The fraction of sp³-hybridized carbons (Fsp3) is 0.583. The summed E-state index contributed by atoms with van der Waals surface area (Å²) in [6, 6.07) is 8.95. The van der Waals surface area contributed by atoms with Crippen LogP contribution in [0, 0.1) is 23.2 Å². The smallest absolute Gasteiger partial charge is 0.163 e. The van der Waals surface area contributed by atoms with Gasteiger partial charge in [-0.25, -0.2) is 4.68 Å². The molecular formula is C24H28N4O3. The molecule has 0 spiro atoms. The van der Waals surface area contributed by atoms with Crippen molar-refractivity contribution < 1.29 is 14.3 Å². The summed E-state index contributed by atoms with van der Waals surface area (Å²) in [5, 5.41) is 17.9. The van der Waals surface area contributed by atoms with Gasteiger partial charge < -0.3 is 9.47 Å². The van der Waals surface area contributed by atoms with Crippen molar-refractivity contribution in [3.8, 4) is 6.07 Å². The van der Waals surface area contributed by atoms with E-state index in [1.54, 1.807) is 24.3 Å². The first-order valence-electron chi connectivity index (χ1n) is 11.4. The van der Waals surface area contributed by atoms with E-state index in [9.17, 15) is 4.79 Å². The standard InChI is InChI=1S/C24H28N4O3/c25-12-17-7-4-8-18(9-17)22(29)11-19-14-30-24-21(15-31-23(19)24)28-13-20(26-27-28)10-16-5-2-1-3-6-16/h4,7-9,13,16,19,21,23-24H,1-3,5-6,10-11,14-15H2/t19-,21-,23+,24+/m0/s1. The van der Waals surface area contributed by atoms with Gasteiger partial charge in [0, 0.05) is 24.1 Å². The van der Waals surface area contributed by atoms with E-state index in [2.05, 4.69) is 22.6 Å². The van der Waals surface area contributed by atoms with Gasteiger partial charge in [0.1, 0.15) is 12.1 Å². The van der Waals surface area contributed by atoms with Crippen LogP contribution in [0.25, 0.3) is 0 Å². The maximum Gasteiger partial charge on any atom is 0.163 e. The zero-order valence-electron chi connectivity index (χ0n) is 17.7. The third-order valence-corrected chi connectivity index (χ3v) is 7.01. The normalized spacial score (nSPS) is 28.4. The molecule has 7 nitrogen and oxygen atoms in total. The van der Waals surface area contributed by atoms with E-state index < -0.39 is 0 Å². The molecule has 1 aromatic heterocycles. The van der Waals surface area contributed by atoms with E-state index in [4.69, 9.17) is 14.7 Å². The monoisotopic (exact) mass is 420 g/mol. The SMILES string of the molecule is N#Cc1cccc(C(=O)C[C@H]2CO[C@H]3[C@@H]2OC[C@@H]3n2cc(CC3CCCCC3)nn2)c1. The van der Waals surface area contributed by atoms with Gasteiger partial charge in [0.2, 0.25) is 0 Å². The van der Waals surface area contributed by atoms with Gasteiger partial charge in [-0.15, -0.1) is 5.10 Å². The van der Waals surface area contributed by atoms with Crippen molar-refractivity contribution >= 4 is 5.78 Å². The lowest BCUT2D eigenvalue weighted by Crippen LogP contribution is -2.29. The lowest BCUT2D eigenvalue weighted by atomic mass is 9.86. The molecule has 2 aromatic rings. The number of fused-ring (bicyclic) bond motifs is 1. The zero-order valence-corrected chi connectivity index (χ0v) is 17.7. The number of carbonyl (C=O) groups excluding carboxylic acids is 1. The van der Waals surface area contributed by atoms with Gasteiger partial charge in [0.25, 0.3) is 0 Å². The van der Waals surface area contributed by atoms with Crippen LogP contribution in [-0.4, -0.2) is 46.2 Å². The maximum atomic E-state index is 12.8. The van der Waals surface area contributed by atoms with Gasteiger partial charge in [0.15, 0.2) is 5.78 Å². The van der Waals surface area contributed by atoms with Gasteiger partial charge in [-0.05, 0) is 24.5 Å². The fourth-order valence-corrected chi connectivity index (χ4v) is 5.33. The molecule has 0 unspecified atom stereocenters. The molecule has 0 radical (unpaired) electrons. The van der Waals surface area contributed by atoms with E-state index in [0.29, 0.717) is 30.8 Å². The molecule has 3 heterocycles. The quantitative estimate of drug-likeness (QED) is 0.665.